The van der Waals surface area contributed by atoms with Gasteiger partial charge < -0.3 is 9.80 Å². The second-order valence-electron chi connectivity index (χ2n) is 5.76. The third kappa shape index (κ3) is 3.25. The largest absolute Gasteiger partial charge is 0.309 e. The van der Waals surface area contributed by atoms with Crippen LogP contribution in [0.2, 0.25) is 0 Å². The number of hydrogen-bond donors (Lipinski definition) is 0. The molecule has 1 aliphatic rings. The van der Waals surface area contributed by atoms with Crippen molar-refractivity contribution in [3.05, 3.63) is 0 Å². The zero-order valence-corrected chi connectivity index (χ0v) is 10.5. The molecule has 0 aromatic heterocycles. The van der Waals surface area contributed by atoms with Crippen molar-refractivity contribution < 1.29 is 0 Å². The van der Waals surface area contributed by atoms with Gasteiger partial charge in [-0.25, -0.2) is 0 Å². The van der Waals surface area contributed by atoms with Gasteiger partial charge in [-0.3, -0.25) is 0 Å². The molecule has 1 fully saturated rings. The summed E-state index contributed by atoms with van der Waals surface area (Å²) >= 11 is 0. The van der Waals surface area contributed by atoms with E-state index in [0.717, 1.165) is 6.04 Å². The summed E-state index contributed by atoms with van der Waals surface area (Å²) in [5, 5.41) is 0. The summed E-state index contributed by atoms with van der Waals surface area (Å²) in [5.74, 6) is 0. The molecule has 0 N–H and O–H groups in total. The fourth-order valence-electron chi connectivity index (χ4n) is 2.89. The molecular weight excluding hydrogens is 172 g/mol. The molecule has 2 atom stereocenters. The molecule has 0 bridgehead atoms. The van der Waals surface area contributed by atoms with Crippen LogP contribution in [0.1, 0.15) is 32.6 Å². The minimum Gasteiger partial charge on any atom is -0.309 e. The van der Waals surface area contributed by atoms with Gasteiger partial charge in [0.25, 0.3) is 0 Å². The first-order chi connectivity index (χ1) is 6.43. The van der Waals surface area contributed by atoms with E-state index >= 15 is 0 Å². The van der Waals surface area contributed by atoms with E-state index in [0.29, 0.717) is 5.41 Å². The molecule has 0 radical (unpaired) electrons. The molecule has 0 amide bonds. The SMILES string of the molecule is CN(C)CC1(C)CCCC(N(C)C)C1. The third-order valence-electron chi connectivity index (χ3n) is 3.47. The van der Waals surface area contributed by atoms with Crippen LogP contribution in [0.25, 0.3) is 0 Å². The predicted molar refractivity (Wildman–Crippen MR) is 62.6 cm³/mol. The lowest BCUT2D eigenvalue weighted by Crippen LogP contribution is -2.42. The van der Waals surface area contributed by atoms with Crippen LogP contribution in [0, 0.1) is 5.41 Å². The molecule has 1 saturated carbocycles. The van der Waals surface area contributed by atoms with E-state index < -0.39 is 0 Å². The van der Waals surface area contributed by atoms with Gasteiger partial charge in [-0.1, -0.05) is 13.3 Å². The zero-order valence-electron chi connectivity index (χ0n) is 10.5. The molecule has 0 aromatic rings. The van der Waals surface area contributed by atoms with Crippen LogP contribution in [-0.2, 0) is 0 Å². The van der Waals surface area contributed by atoms with E-state index in [9.17, 15) is 0 Å². The van der Waals surface area contributed by atoms with Crippen molar-refractivity contribution in [2.45, 2.75) is 38.6 Å². The number of hydrogen-bond acceptors (Lipinski definition) is 2. The molecule has 0 aromatic carbocycles. The summed E-state index contributed by atoms with van der Waals surface area (Å²) in [4.78, 5) is 4.73. The van der Waals surface area contributed by atoms with Crippen molar-refractivity contribution in [1.82, 2.24) is 9.80 Å². The first kappa shape index (κ1) is 12.0. The van der Waals surface area contributed by atoms with Gasteiger partial charge in [-0.05, 0) is 52.9 Å². The molecular formula is C12H26N2. The zero-order chi connectivity index (χ0) is 10.8. The summed E-state index contributed by atoms with van der Waals surface area (Å²) in [6.07, 6.45) is 5.54. The van der Waals surface area contributed by atoms with Crippen molar-refractivity contribution in [3.8, 4) is 0 Å². The van der Waals surface area contributed by atoms with Crippen LogP contribution in [0.4, 0.5) is 0 Å². The Morgan fingerprint density at radius 3 is 2.36 bits per heavy atom. The highest BCUT2D eigenvalue weighted by molar-refractivity contribution is 4.87. The molecule has 1 rings (SSSR count). The summed E-state index contributed by atoms with van der Waals surface area (Å²) in [6, 6.07) is 0.800. The lowest BCUT2D eigenvalue weighted by atomic mass is 9.73. The van der Waals surface area contributed by atoms with Gasteiger partial charge in [-0.15, -0.1) is 0 Å². The smallest absolute Gasteiger partial charge is 0.00948 e. The Morgan fingerprint density at radius 1 is 1.21 bits per heavy atom. The van der Waals surface area contributed by atoms with E-state index in [1.165, 1.54) is 32.2 Å². The maximum Gasteiger partial charge on any atom is 0.00948 e. The number of rotatable bonds is 3. The summed E-state index contributed by atoms with van der Waals surface area (Å²) in [7, 11) is 8.80. The van der Waals surface area contributed by atoms with E-state index in [2.05, 4.69) is 44.9 Å². The highest BCUT2D eigenvalue weighted by Gasteiger charge is 2.33. The highest BCUT2D eigenvalue weighted by Crippen LogP contribution is 2.37. The van der Waals surface area contributed by atoms with Crippen molar-refractivity contribution in [2.24, 2.45) is 5.41 Å². The van der Waals surface area contributed by atoms with E-state index in [4.69, 9.17) is 0 Å². The first-order valence-corrected chi connectivity index (χ1v) is 5.74. The molecule has 14 heavy (non-hydrogen) atoms. The molecule has 0 saturated heterocycles. The summed E-state index contributed by atoms with van der Waals surface area (Å²) in [6.45, 7) is 3.68. The van der Waals surface area contributed by atoms with Gasteiger partial charge in [0, 0.05) is 12.6 Å². The van der Waals surface area contributed by atoms with Crippen molar-refractivity contribution in [2.75, 3.05) is 34.7 Å². The van der Waals surface area contributed by atoms with Gasteiger partial charge in [0.1, 0.15) is 0 Å². The van der Waals surface area contributed by atoms with Crippen LogP contribution in [0.5, 0.6) is 0 Å². The summed E-state index contributed by atoms with van der Waals surface area (Å²) < 4.78 is 0. The van der Waals surface area contributed by atoms with Gasteiger partial charge >= 0.3 is 0 Å². The minimum atomic E-state index is 0.538. The van der Waals surface area contributed by atoms with E-state index in [1.807, 2.05) is 0 Å². The Labute approximate surface area is 89.3 Å². The van der Waals surface area contributed by atoms with Crippen LogP contribution in [0.3, 0.4) is 0 Å². The monoisotopic (exact) mass is 198 g/mol. The van der Waals surface area contributed by atoms with E-state index in [-0.39, 0.29) is 0 Å². The second-order valence-corrected chi connectivity index (χ2v) is 5.76. The predicted octanol–water partition coefficient (Wildman–Crippen LogP) is 2.06. The first-order valence-electron chi connectivity index (χ1n) is 5.74. The number of nitrogens with zero attached hydrogens (tertiary/aromatic N) is 2. The van der Waals surface area contributed by atoms with E-state index in [1.54, 1.807) is 0 Å². The normalized spacial score (nSPS) is 34.1. The maximum absolute atomic E-state index is 2.45. The Morgan fingerprint density at radius 2 is 1.86 bits per heavy atom. The maximum atomic E-state index is 2.45. The average molecular weight is 198 g/mol. The Hall–Kier alpha value is -0.0800. The Balaban J connectivity index is 2.53. The molecule has 1 aliphatic carbocycles. The molecule has 84 valence electrons. The van der Waals surface area contributed by atoms with Gasteiger partial charge in [0.2, 0.25) is 0 Å². The average Bonchev–Trinajstić information content (AvgIpc) is 2.01. The minimum absolute atomic E-state index is 0.538. The summed E-state index contributed by atoms with van der Waals surface area (Å²) in [5.41, 5.74) is 0.538. The van der Waals surface area contributed by atoms with Gasteiger partial charge in [0.05, 0.1) is 0 Å². The standard InChI is InChI=1S/C12H26N2/c1-12(10-13(2)3)8-6-7-11(9-12)14(4)5/h11H,6-10H2,1-5H3. The Kier molecular flexibility index (Phi) is 3.96. The van der Waals surface area contributed by atoms with Crippen LogP contribution in [-0.4, -0.2) is 50.6 Å². The molecule has 0 aliphatic heterocycles. The highest BCUT2D eigenvalue weighted by atomic mass is 15.1. The lowest BCUT2D eigenvalue weighted by Gasteiger charge is -2.42. The van der Waals surface area contributed by atoms with Gasteiger partial charge in [-0.2, -0.15) is 0 Å². The topological polar surface area (TPSA) is 6.48 Å². The fraction of sp³-hybridized carbons (Fsp3) is 1.00. The van der Waals surface area contributed by atoms with Crippen LogP contribution in [0.15, 0.2) is 0 Å². The second kappa shape index (κ2) is 4.63. The Bertz CT molecular complexity index is 177. The van der Waals surface area contributed by atoms with Crippen molar-refractivity contribution in [3.63, 3.8) is 0 Å². The molecule has 2 nitrogen and oxygen atoms in total. The van der Waals surface area contributed by atoms with Crippen LogP contribution < -0.4 is 0 Å². The third-order valence-corrected chi connectivity index (χ3v) is 3.47. The quantitative estimate of drug-likeness (QED) is 0.685. The molecule has 0 heterocycles. The molecule has 0 spiro atoms. The molecule has 2 heteroatoms. The van der Waals surface area contributed by atoms with Crippen LogP contribution >= 0.6 is 0 Å². The van der Waals surface area contributed by atoms with Gasteiger partial charge in [0.15, 0.2) is 0 Å². The lowest BCUT2D eigenvalue weighted by molar-refractivity contribution is 0.0914. The van der Waals surface area contributed by atoms with Crippen molar-refractivity contribution >= 4 is 0 Å². The fourth-order valence-corrected chi connectivity index (χ4v) is 2.89. The molecule has 2 unspecified atom stereocenters. The van der Waals surface area contributed by atoms with Crippen molar-refractivity contribution in [1.29, 1.82) is 0 Å².